The topological polar surface area (TPSA) is 61.4 Å². The van der Waals surface area contributed by atoms with E-state index in [2.05, 4.69) is 78.6 Å². The van der Waals surface area contributed by atoms with Gasteiger partial charge in [-0.1, -0.05) is 0 Å². The van der Waals surface area contributed by atoms with Crippen LogP contribution in [0.15, 0.2) is 12.1 Å². The summed E-state index contributed by atoms with van der Waals surface area (Å²) in [6, 6.07) is 3.94. The lowest BCUT2D eigenvalue weighted by molar-refractivity contribution is -0.121. The Labute approximate surface area is 146 Å². The van der Waals surface area contributed by atoms with E-state index in [1.165, 1.54) is 19.0 Å². The van der Waals surface area contributed by atoms with Gasteiger partial charge >= 0.3 is 0 Å². The minimum atomic E-state index is -0.256. The lowest BCUT2D eigenvalue weighted by Gasteiger charge is -2.26. The molecule has 0 fully saturated rings. The Hall–Kier alpha value is 0.150. The molecule has 0 saturated heterocycles. The molecular formula is C10H10I3N3O2. The van der Waals surface area contributed by atoms with E-state index in [-0.39, 0.29) is 11.8 Å². The van der Waals surface area contributed by atoms with Crippen molar-refractivity contribution in [1.82, 2.24) is 10.9 Å². The van der Waals surface area contributed by atoms with Gasteiger partial charge in [0.1, 0.15) is 5.69 Å². The summed E-state index contributed by atoms with van der Waals surface area (Å²) in [4.78, 5) is 22.4. The third-order valence-corrected chi connectivity index (χ3v) is 4.01. The van der Waals surface area contributed by atoms with Gasteiger partial charge in [-0.3, -0.25) is 9.59 Å². The SMILES string of the molecule is CC(=O)NN(NC(C)=O)c1c(I)cc(I)cc1I. The molecular weight excluding hydrogens is 575 g/mol. The van der Waals surface area contributed by atoms with Crippen molar-refractivity contribution in [3.63, 3.8) is 0 Å². The van der Waals surface area contributed by atoms with Gasteiger partial charge in [0.15, 0.2) is 0 Å². The van der Waals surface area contributed by atoms with E-state index >= 15 is 0 Å². The Kier molecular flexibility index (Phi) is 6.37. The molecule has 0 aliphatic heterocycles. The third kappa shape index (κ3) is 4.68. The largest absolute Gasteiger partial charge is 0.274 e. The van der Waals surface area contributed by atoms with Crippen LogP contribution in [0.2, 0.25) is 0 Å². The van der Waals surface area contributed by atoms with E-state index < -0.39 is 0 Å². The van der Waals surface area contributed by atoms with Crippen molar-refractivity contribution in [2.45, 2.75) is 13.8 Å². The Balaban J connectivity index is 3.19. The number of nitrogens with one attached hydrogen (secondary N) is 2. The van der Waals surface area contributed by atoms with E-state index in [1.54, 1.807) is 0 Å². The first kappa shape index (κ1) is 16.2. The summed E-state index contributed by atoms with van der Waals surface area (Å²) < 4.78 is 2.97. The maximum absolute atomic E-state index is 11.2. The minimum absolute atomic E-state index is 0.256. The van der Waals surface area contributed by atoms with Crippen molar-refractivity contribution < 1.29 is 9.59 Å². The zero-order chi connectivity index (χ0) is 13.9. The van der Waals surface area contributed by atoms with Crippen molar-refractivity contribution in [2.24, 2.45) is 0 Å². The zero-order valence-electron chi connectivity index (χ0n) is 9.55. The highest BCUT2D eigenvalue weighted by atomic mass is 127. The van der Waals surface area contributed by atoms with E-state index in [0.29, 0.717) is 0 Å². The number of nitrogens with zero attached hydrogens (tertiary/aromatic N) is 1. The van der Waals surface area contributed by atoms with Crippen molar-refractivity contribution in [3.8, 4) is 0 Å². The Morgan fingerprint density at radius 1 is 1.00 bits per heavy atom. The van der Waals surface area contributed by atoms with Crippen molar-refractivity contribution >= 4 is 85.3 Å². The summed E-state index contributed by atoms with van der Waals surface area (Å²) >= 11 is 6.55. The maximum atomic E-state index is 11.2. The van der Waals surface area contributed by atoms with Gasteiger partial charge in [0.2, 0.25) is 11.8 Å². The lowest BCUT2D eigenvalue weighted by Crippen LogP contribution is -2.53. The van der Waals surface area contributed by atoms with Gasteiger partial charge in [0.25, 0.3) is 0 Å². The van der Waals surface area contributed by atoms with E-state index in [4.69, 9.17) is 0 Å². The third-order valence-electron chi connectivity index (χ3n) is 1.74. The summed E-state index contributed by atoms with van der Waals surface area (Å²) in [6.45, 7) is 2.78. The molecule has 0 saturated carbocycles. The number of hydrogen-bond acceptors (Lipinski definition) is 3. The van der Waals surface area contributed by atoms with E-state index in [1.807, 2.05) is 12.1 Å². The summed E-state index contributed by atoms with van der Waals surface area (Å²) in [7, 11) is 0. The number of hydrogen-bond donors (Lipinski definition) is 2. The first-order valence-electron chi connectivity index (χ1n) is 4.80. The number of halogens is 3. The fraction of sp³-hybridized carbons (Fsp3) is 0.200. The molecule has 8 heteroatoms. The molecule has 0 bridgehead atoms. The molecule has 98 valence electrons. The van der Waals surface area contributed by atoms with Gasteiger partial charge in [-0.25, -0.2) is 10.9 Å². The Bertz CT molecular complexity index is 454. The summed E-state index contributed by atoms with van der Waals surface area (Å²) in [6.07, 6.45) is 0. The van der Waals surface area contributed by atoms with Crippen molar-refractivity contribution in [3.05, 3.63) is 22.8 Å². The van der Waals surface area contributed by atoms with Gasteiger partial charge in [-0.15, -0.1) is 0 Å². The van der Waals surface area contributed by atoms with Crippen LogP contribution in [0.5, 0.6) is 0 Å². The molecule has 1 aromatic rings. The highest BCUT2D eigenvalue weighted by Gasteiger charge is 2.16. The summed E-state index contributed by atoms with van der Waals surface area (Å²) in [5, 5.41) is 1.35. The molecule has 0 aliphatic rings. The number of hydrazine groups is 2. The number of benzene rings is 1. The second-order valence-electron chi connectivity index (χ2n) is 3.39. The quantitative estimate of drug-likeness (QED) is 0.424. The Morgan fingerprint density at radius 2 is 1.39 bits per heavy atom. The number of amides is 2. The second-order valence-corrected chi connectivity index (χ2v) is 6.96. The molecule has 18 heavy (non-hydrogen) atoms. The molecule has 0 spiro atoms. The first-order valence-corrected chi connectivity index (χ1v) is 8.04. The van der Waals surface area contributed by atoms with Crippen LogP contribution < -0.4 is 16.0 Å². The molecule has 0 aliphatic carbocycles. The number of rotatable bonds is 3. The van der Waals surface area contributed by atoms with Gasteiger partial charge < -0.3 is 0 Å². The van der Waals surface area contributed by atoms with Gasteiger partial charge in [-0.05, 0) is 79.9 Å². The predicted molar refractivity (Wildman–Crippen MR) is 94.7 cm³/mol. The molecule has 0 radical (unpaired) electrons. The van der Waals surface area contributed by atoms with Crippen LogP contribution in [0.25, 0.3) is 0 Å². The van der Waals surface area contributed by atoms with Crippen LogP contribution in [-0.2, 0) is 9.59 Å². The highest BCUT2D eigenvalue weighted by molar-refractivity contribution is 14.1. The number of anilines is 1. The van der Waals surface area contributed by atoms with Crippen LogP contribution in [0.3, 0.4) is 0 Å². The molecule has 0 aromatic heterocycles. The fourth-order valence-corrected chi connectivity index (χ4v) is 5.27. The van der Waals surface area contributed by atoms with Crippen LogP contribution in [-0.4, -0.2) is 11.8 Å². The number of carbonyl (C=O) groups is 2. The fourth-order valence-electron chi connectivity index (χ4n) is 1.20. The standard InChI is InChI=1S/C10H10I3N3O2/c1-5(17)14-16(15-6(2)18)10-8(12)3-7(11)4-9(10)13/h3-4H,1-2H3,(H,14,17)(H,15,18). The molecule has 1 rings (SSSR count). The summed E-state index contributed by atoms with van der Waals surface area (Å²) in [5.74, 6) is -0.511. The average Bonchev–Trinajstić information content (AvgIpc) is 2.12. The zero-order valence-corrected chi connectivity index (χ0v) is 16.0. The molecule has 0 heterocycles. The molecule has 1 aromatic carbocycles. The maximum Gasteiger partial charge on any atom is 0.236 e. The van der Waals surface area contributed by atoms with E-state index in [0.717, 1.165) is 16.4 Å². The van der Waals surface area contributed by atoms with Gasteiger partial charge in [0.05, 0.1) is 0 Å². The molecule has 0 unspecified atom stereocenters. The smallest absolute Gasteiger partial charge is 0.236 e. The van der Waals surface area contributed by atoms with Crippen molar-refractivity contribution in [1.29, 1.82) is 0 Å². The molecule has 0 atom stereocenters. The molecule has 5 nitrogen and oxygen atoms in total. The lowest BCUT2D eigenvalue weighted by atomic mass is 10.3. The van der Waals surface area contributed by atoms with Crippen LogP contribution in [0.4, 0.5) is 5.69 Å². The van der Waals surface area contributed by atoms with E-state index in [9.17, 15) is 9.59 Å². The normalized spacial score (nSPS) is 9.83. The van der Waals surface area contributed by atoms with Crippen molar-refractivity contribution in [2.75, 3.05) is 5.12 Å². The number of carbonyl (C=O) groups excluding carboxylic acids is 2. The highest BCUT2D eigenvalue weighted by Crippen LogP contribution is 2.29. The summed E-state index contributed by atoms with van der Waals surface area (Å²) in [5.41, 5.74) is 5.91. The molecule has 2 N–H and O–H groups in total. The van der Waals surface area contributed by atoms with Crippen LogP contribution in [0, 0.1) is 10.7 Å². The molecule has 2 amide bonds. The average molecular weight is 585 g/mol. The van der Waals surface area contributed by atoms with Crippen LogP contribution in [0.1, 0.15) is 13.8 Å². The Morgan fingerprint density at radius 3 is 1.72 bits per heavy atom. The second kappa shape index (κ2) is 7.07. The van der Waals surface area contributed by atoms with Crippen LogP contribution >= 0.6 is 67.8 Å². The monoisotopic (exact) mass is 585 g/mol. The predicted octanol–water partition coefficient (Wildman–Crippen LogP) is 2.41. The minimum Gasteiger partial charge on any atom is -0.274 e. The van der Waals surface area contributed by atoms with Gasteiger partial charge in [-0.2, -0.15) is 5.12 Å². The first-order chi connectivity index (χ1) is 8.31. The van der Waals surface area contributed by atoms with Gasteiger partial charge in [0, 0.05) is 24.6 Å².